The number of primary amides is 1. The third kappa shape index (κ3) is 3.02. The van der Waals surface area contributed by atoms with Crippen LogP contribution in [0.2, 0.25) is 0 Å². The maximum Gasteiger partial charge on any atom is 0.249 e. The van der Waals surface area contributed by atoms with Crippen LogP contribution in [0.5, 0.6) is 0 Å². The molecule has 4 heteroatoms. The van der Waals surface area contributed by atoms with Gasteiger partial charge in [0, 0.05) is 27.8 Å². The van der Waals surface area contributed by atoms with Crippen LogP contribution in [0.4, 0.5) is 0 Å². The lowest BCUT2D eigenvalue weighted by Gasteiger charge is -2.09. The minimum absolute atomic E-state index is 0.396. The number of carbonyl (C=O) groups is 1. The lowest BCUT2D eigenvalue weighted by atomic mass is 10.0. The summed E-state index contributed by atoms with van der Waals surface area (Å²) in [5.41, 5.74) is 12.1. The number of hydrogen-bond acceptors (Lipinski definition) is 2. The number of aryl methyl sites for hydroxylation is 1. The molecule has 0 radical (unpaired) electrons. The van der Waals surface area contributed by atoms with Crippen LogP contribution in [0, 0.1) is 6.92 Å². The van der Waals surface area contributed by atoms with Gasteiger partial charge in [0.1, 0.15) is 0 Å². The minimum atomic E-state index is -0.396. The highest BCUT2D eigenvalue weighted by molar-refractivity contribution is 7.13. The van der Waals surface area contributed by atoms with Gasteiger partial charge in [-0.2, -0.15) is 0 Å². The molecule has 142 valence electrons. The van der Waals surface area contributed by atoms with E-state index in [0.717, 1.165) is 28.4 Å². The average molecular weight is 397 g/mol. The Morgan fingerprint density at radius 2 is 1.83 bits per heavy atom. The van der Waals surface area contributed by atoms with Crippen LogP contribution in [-0.2, 0) is 6.54 Å². The van der Waals surface area contributed by atoms with Crippen molar-refractivity contribution in [2.75, 3.05) is 0 Å². The molecule has 3 aromatic carbocycles. The lowest BCUT2D eigenvalue weighted by Crippen LogP contribution is -2.11. The molecular weight excluding hydrogens is 376 g/mol. The number of rotatable bonds is 4. The third-order valence-corrected chi connectivity index (χ3v) is 6.30. The van der Waals surface area contributed by atoms with Gasteiger partial charge < -0.3 is 10.3 Å². The normalized spacial score (nSPS) is 11.3. The Labute approximate surface area is 173 Å². The van der Waals surface area contributed by atoms with E-state index in [9.17, 15) is 4.79 Å². The Hall–Kier alpha value is -3.37. The van der Waals surface area contributed by atoms with Crippen molar-refractivity contribution in [2.45, 2.75) is 13.5 Å². The summed E-state index contributed by atoms with van der Waals surface area (Å²) in [5, 5.41) is 4.08. The van der Waals surface area contributed by atoms with Crippen LogP contribution in [0.1, 0.15) is 21.5 Å². The molecule has 2 aromatic heterocycles. The Balaban J connectivity index is 1.82. The molecule has 0 spiro atoms. The number of thiophene rings is 1. The number of amides is 1. The third-order valence-electron chi connectivity index (χ3n) is 5.39. The predicted octanol–water partition coefficient (Wildman–Crippen LogP) is 5.98. The molecule has 2 N–H and O–H groups in total. The van der Waals surface area contributed by atoms with Crippen LogP contribution in [0.15, 0.2) is 78.2 Å². The van der Waals surface area contributed by atoms with Gasteiger partial charge in [-0.1, -0.05) is 54.1 Å². The molecule has 5 aromatic rings. The van der Waals surface area contributed by atoms with E-state index >= 15 is 0 Å². The van der Waals surface area contributed by atoms with Crippen LogP contribution in [0.3, 0.4) is 0 Å². The van der Waals surface area contributed by atoms with Crippen LogP contribution >= 0.6 is 11.3 Å². The zero-order chi connectivity index (χ0) is 20.0. The fourth-order valence-electron chi connectivity index (χ4n) is 4.11. The van der Waals surface area contributed by atoms with Crippen LogP contribution < -0.4 is 5.73 Å². The second-order valence-electron chi connectivity index (χ2n) is 7.35. The van der Waals surface area contributed by atoms with E-state index in [0.29, 0.717) is 5.56 Å². The van der Waals surface area contributed by atoms with Gasteiger partial charge in [0.15, 0.2) is 0 Å². The first-order valence-corrected chi connectivity index (χ1v) is 10.4. The van der Waals surface area contributed by atoms with Crippen molar-refractivity contribution in [3.8, 4) is 10.4 Å². The van der Waals surface area contributed by atoms with Crippen molar-refractivity contribution in [1.82, 2.24) is 4.57 Å². The second kappa shape index (κ2) is 6.90. The van der Waals surface area contributed by atoms with Crippen LogP contribution in [-0.4, -0.2) is 10.5 Å². The zero-order valence-electron chi connectivity index (χ0n) is 16.1. The highest BCUT2D eigenvalue weighted by Crippen LogP contribution is 2.36. The Morgan fingerprint density at radius 3 is 2.59 bits per heavy atom. The van der Waals surface area contributed by atoms with E-state index < -0.39 is 5.91 Å². The number of aromatic nitrogens is 1. The smallest absolute Gasteiger partial charge is 0.249 e. The van der Waals surface area contributed by atoms with Gasteiger partial charge in [0.2, 0.25) is 5.91 Å². The summed E-state index contributed by atoms with van der Waals surface area (Å²) in [6, 6.07) is 25.0. The summed E-state index contributed by atoms with van der Waals surface area (Å²) in [7, 11) is 0. The van der Waals surface area contributed by atoms with Gasteiger partial charge in [-0.05, 0) is 47.7 Å². The number of hydrogen-bond donors (Lipinski definition) is 1. The monoisotopic (exact) mass is 396 g/mol. The summed E-state index contributed by atoms with van der Waals surface area (Å²) in [4.78, 5) is 13.4. The number of benzene rings is 3. The molecular formula is C25H20N2OS. The summed E-state index contributed by atoms with van der Waals surface area (Å²) < 4.78 is 2.29. The SMILES string of the molecule is Cc1cccc(Cn2c3cc(-c4cccs4)ccc3c3c(C(N)=O)cccc32)c1. The topological polar surface area (TPSA) is 48.0 Å². The highest BCUT2D eigenvalue weighted by atomic mass is 32.1. The fraction of sp³-hybridized carbons (Fsp3) is 0.0800. The maximum absolute atomic E-state index is 12.1. The van der Waals surface area contributed by atoms with Crippen molar-refractivity contribution >= 4 is 39.0 Å². The number of nitrogens with zero attached hydrogens (tertiary/aromatic N) is 1. The first-order chi connectivity index (χ1) is 14.1. The van der Waals surface area contributed by atoms with Gasteiger partial charge in [-0.15, -0.1) is 11.3 Å². The highest BCUT2D eigenvalue weighted by Gasteiger charge is 2.17. The van der Waals surface area contributed by atoms with E-state index in [1.807, 2.05) is 12.1 Å². The van der Waals surface area contributed by atoms with E-state index in [1.54, 1.807) is 11.3 Å². The zero-order valence-corrected chi connectivity index (χ0v) is 16.9. The van der Waals surface area contributed by atoms with Gasteiger partial charge >= 0.3 is 0 Å². The molecule has 0 aliphatic rings. The van der Waals surface area contributed by atoms with Crippen LogP contribution in [0.25, 0.3) is 32.2 Å². The second-order valence-corrected chi connectivity index (χ2v) is 8.30. The van der Waals surface area contributed by atoms with E-state index in [-0.39, 0.29) is 0 Å². The number of fused-ring (bicyclic) bond motifs is 3. The molecule has 2 heterocycles. The molecule has 0 saturated heterocycles. The minimum Gasteiger partial charge on any atom is -0.366 e. The molecule has 29 heavy (non-hydrogen) atoms. The Bertz CT molecular complexity index is 1360. The van der Waals surface area contributed by atoms with Gasteiger partial charge in [0.05, 0.1) is 11.0 Å². The summed E-state index contributed by atoms with van der Waals surface area (Å²) in [6.07, 6.45) is 0. The number of carbonyl (C=O) groups excluding carboxylic acids is 1. The van der Waals surface area contributed by atoms with E-state index in [2.05, 4.69) is 77.5 Å². The summed E-state index contributed by atoms with van der Waals surface area (Å²) >= 11 is 1.73. The quantitative estimate of drug-likeness (QED) is 0.399. The number of nitrogens with two attached hydrogens (primary N) is 1. The first kappa shape index (κ1) is 17.7. The standard InChI is InChI=1S/C25H20N2OS/c1-16-5-2-6-17(13-16)15-27-21-8-3-7-20(25(26)28)24(21)19-11-10-18(14-22(19)27)23-9-4-12-29-23/h2-14H,15H2,1H3,(H2,26,28). The average Bonchev–Trinajstić information content (AvgIpc) is 3.35. The van der Waals surface area contributed by atoms with Gasteiger partial charge in [0.25, 0.3) is 0 Å². The van der Waals surface area contributed by atoms with Crippen molar-refractivity contribution in [3.63, 3.8) is 0 Å². The van der Waals surface area contributed by atoms with E-state index in [1.165, 1.54) is 21.6 Å². The molecule has 0 atom stereocenters. The summed E-state index contributed by atoms with van der Waals surface area (Å²) in [6.45, 7) is 2.84. The van der Waals surface area contributed by atoms with E-state index in [4.69, 9.17) is 5.73 Å². The van der Waals surface area contributed by atoms with Gasteiger partial charge in [-0.25, -0.2) is 0 Å². The lowest BCUT2D eigenvalue weighted by molar-refractivity contribution is 0.100. The van der Waals surface area contributed by atoms with Gasteiger partial charge in [-0.3, -0.25) is 4.79 Å². The fourth-order valence-corrected chi connectivity index (χ4v) is 4.83. The Kier molecular flexibility index (Phi) is 4.22. The molecule has 1 amide bonds. The predicted molar refractivity (Wildman–Crippen MR) is 122 cm³/mol. The molecule has 0 fully saturated rings. The molecule has 0 saturated carbocycles. The molecule has 3 nitrogen and oxygen atoms in total. The summed E-state index contributed by atoms with van der Waals surface area (Å²) in [5.74, 6) is -0.396. The molecule has 0 aliphatic heterocycles. The van der Waals surface area contributed by atoms with Crippen molar-refractivity contribution < 1.29 is 4.79 Å². The molecule has 5 rings (SSSR count). The van der Waals surface area contributed by atoms with Crippen molar-refractivity contribution in [1.29, 1.82) is 0 Å². The largest absolute Gasteiger partial charge is 0.366 e. The maximum atomic E-state index is 12.1. The molecule has 0 unspecified atom stereocenters. The molecule has 0 bridgehead atoms. The van der Waals surface area contributed by atoms with Crippen molar-refractivity contribution in [2.24, 2.45) is 5.73 Å². The van der Waals surface area contributed by atoms with Crippen molar-refractivity contribution in [3.05, 3.63) is 94.9 Å². The first-order valence-electron chi connectivity index (χ1n) is 9.56. The Morgan fingerprint density at radius 1 is 0.966 bits per heavy atom. The molecule has 0 aliphatic carbocycles.